The molecule has 0 bridgehead atoms. The normalized spacial score (nSPS) is 41.1. The van der Waals surface area contributed by atoms with Crippen LogP contribution in [0.2, 0.25) is 0 Å². The summed E-state index contributed by atoms with van der Waals surface area (Å²) in [6, 6.07) is -0.809. The molecule has 0 spiro atoms. The summed E-state index contributed by atoms with van der Waals surface area (Å²) in [7, 11) is 6.41. The van der Waals surface area contributed by atoms with E-state index in [4.69, 9.17) is 52.1 Å². The minimum absolute atomic E-state index is 0. The molecular formula is C53H88ClNO19. The zero-order chi connectivity index (χ0) is 54.6. The Balaban J connectivity index is 0.0000144. The van der Waals surface area contributed by atoms with E-state index in [1.165, 1.54) is 27.2 Å². The minimum Gasteiger partial charge on any atom is -0.462 e. The standard InChI is InChI=1S/C53H87NO19.ClH/c1-16-38-36(26-65-52-49(64-15)48(63-14)44(60)31(7)67-52)22-28(4)17-18-37(57)29(5)23-35(19-20-55)46(30(6)39(69-34(10)56)24-41(59)70-38)73-51-45(61)43(54(12)13)47(32(8)68-51)72-42-25-53(11,62)50(33(9)66-42)71-40(58)21-27(2)3;/h17-18,20,22,27,29-33,35-36,38-39,42-52,60-62H,16,19,21,23-26H2,1-15H3;1H/b18-17+,28-22+;/t29-,30+,31-,32-,33+,35+,36-,38-,39-,42+,43-,44-,45-,46-,47-,48-,49-,50+,51+,52-,53-;/m1./s1. The fraction of sp³-hybridized carbons (Fsp3) is 0.830. The summed E-state index contributed by atoms with van der Waals surface area (Å²) in [5.74, 6) is -4.87. The van der Waals surface area contributed by atoms with E-state index in [1.807, 2.05) is 26.8 Å². The van der Waals surface area contributed by atoms with Gasteiger partial charge in [0.25, 0.3) is 0 Å². The first-order valence-electron chi connectivity index (χ1n) is 25.9. The third kappa shape index (κ3) is 17.5. The number of ketones is 1. The zero-order valence-corrected chi connectivity index (χ0v) is 46.9. The number of hydrogen-bond acceptors (Lipinski definition) is 20. The molecule has 0 saturated carbocycles. The van der Waals surface area contributed by atoms with Gasteiger partial charge in [0.2, 0.25) is 0 Å². The van der Waals surface area contributed by atoms with Gasteiger partial charge >= 0.3 is 17.9 Å². The van der Waals surface area contributed by atoms with Crippen LogP contribution >= 0.6 is 12.4 Å². The molecule has 0 amide bonds. The van der Waals surface area contributed by atoms with Crippen molar-refractivity contribution in [2.24, 2.45) is 29.6 Å². The average Bonchev–Trinajstić information content (AvgIpc) is 3.29. The van der Waals surface area contributed by atoms with Gasteiger partial charge in [-0.3, -0.25) is 19.2 Å². The molecule has 3 N–H and O–H groups in total. The lowest BCUT2D eigenvalue weighted by Crippen LogP contribution is -2.65. The Morgan fingerprint density at radius 1 is 0.892 bits per heavy atom. The molecule has 0 radical (unpaired) electrons. The van der Waals surface area contributed by atoms with Crippen LogP contribution in [-0.2, 0) is 76.1 Å². The Hall–Kier alpha value is -2.96. The van der Waals surface area contributed by atoms with Gasteiger partial charge in [0.05, 0.1) is 43.5 Å². The van der Waals surface area contributed by atoms with E-state index in [-0.39, 0.29) is 56.4 Å². The number of ether oxygens (including phenoxy) is 11. The van der Waals surface area contributed by atoms with Crippen molar-refractivity contribution in [1.29, 1.82) is 0 Å². The fourth-order valence-electron chi connectivity index (χ4n) is 10.6. The number of aldehydes is 1. The van der Waals surface area contributed by atoms with E-state index in [9.17, 15) is 39.3 Å². The van der Waals surface area contributed by atoms with Crippen molar-refractivity contribution in [3.63, 3.8) is 0 Å². The van der Waals surface area contributed by atoms with Gasteiger partial charge in [-0.25, -0.2) is 0 Å². The number of carbonyl (C=O) groups is 5. The zero-order valence-electron chi connectivity index (χ0n) is 46.1. The molecule has 3 fully saturated rings. The Morgan fingerprint density at radius 2 is 1.54 bits per heavy atom. The molecule has 4 rings (SSSR count). The summed E-state index contributed by atoms with van der Waals surface area (Å²) in [6.45, 7) is 18.7. The van der Waals surface area contributed by atoms with Crippen molar-refractivity contribution < 1.29 is 91.4 Å². The number of aliphatic hydroxyl groups is 3. The van der Waals surface area contributed by atoms with Crippen molar-refractivity contribution in [3.8, 4) is 0 Å². The largest absolute Gasteiger partial charge is 0.462 e. The van der Waals surface area contributed by atoms with Gasteiger partial charge < -0.3 is 77.1 Å². The summed E-state index contributed by atoms with van der Waals surface area (Å²) in [4.78, 5) is 67.9. The van der Waals surface area contributed by atoms with Crippen LogP contribution in [0, 0.1) is 29.6 Å². The molecule has 4 heterocycles. The van der Waals surface area contributed by atoms with Crippen LogP contribution in [0.15, 0.2) is 23.8 Å². The second-order valence-electron chi connectivity index (χ2n) is 21.4. The van der Waals surface area contributed by atoms with Gasteiger partial charge in [0, 0.05) is 58.2 Å². The number of rotatable bonds is 17. The van der Waals surface area contributed by atoms with Crippen LogP contribution in [0.25, 0.3) is 0 Å². The van der Waals surface area contributed by atoms with Crippen molar-refractivity contribution in [1.82, 2.24) is 4.90 Å². The number of halogens is 1. The van der Waals surface area contributed by atoms with E-state index in [0.29, 0.717) is 18.3 Å². The number of allylic oxidation sites excluding steroid dienone is 3. The van der Waals surface area contributed by atoms with E-state index in [2.05, 4.69) is 0 Å². The smallest absolute Gasteiger partial charge is 0.309 e. The summed E-state index contributed by atoms with van der Waals surface area (Å²) < 4.78 is 67.2. The lowest BCUT2D eigenvalue weighted by molar-refractivity contribution is -0.342. The number of methoxy groups -OCH3 is 2. The van der Waals surface area contributed by atoms with Crippen molar-refractivity contribution in [2.45, 2.75) is 218 Å². The van der Waals surface area contributed by atoms with Crippen LogP contribution in [0.5, 0.6) is 0 Å². The lowest BCUT2D eigenvalue weighted by atomic mass is 9.79. The van der Waals surface area contributed by atoms with Crippen LogP contribution in [0.4, 0.5) is 0 Å². The van der Waals surface area contributed by atoms with Crippen molar-refractivity contribution in [2.75, 3.05) is 34.9 Å². The van der Waals surface area contributed by atoms with Crippen LogP contribution in [0.1, 0.15) is 115 Å². The first-order chi connectivity index (χ1) is 34.3. The predicted octanol–water partition coefficient (Wildman–Crippen LogP) is 4.42. The molecule has 0 unspecified atom stereocenters. The van der Waals surface area contributed by atoms with Crippen LogP contribution in [0.3, 0.4) is 0 Å². The van der Waals surface area contributed by atoms with Gasteiger partial charge in [-0.05, 0) is 79.5 Å². The maximum Gasteiger partial charge on any atom is 0.309 e. The number of carbonyl (C=O) groups excluding carboxylic acids is 5. The first kappa shape index (κ1) is 65.3. The molecule has 0 aromatic rings. The third-order valence-corrected chi connectivity index (χ3v) is 14.5. The fourth-order valence-corrected chi connectivity index (χ4v) is 10.6. The predicted molar refractivity (Wildman–Crippen MR) is 270 cm³/mol. The highest BCUT2D eigenvalue weighted by atomic mass is 35.5. The van der Waals surface area contributed by atoms with E-state index >= 15 is 0 Å². The maximum absolute atomic E-state index is 14.2. The third-order valence-electron chi connectivity index (χ3n) is 14.5. The maximum atomic E-state index is 14.2. The molecule has 3 saturated heterocycles. The summed E-state index contributed by atoms with van der Waals surface area (Å²) in [5, 5.41) is 34.6. The van der Waals surface area contributed by atoms with Gasteiger partial charge in [0.1, 0.15) is 54.6 Å². The molecule has 0 aromatic heterocycles. The molecule has 21 heteroatoms. The van der Waals surface area contributed by atoms with E-state index in [1.54, 1.807) is 73.5 Å². The highest BCUT2D eigenvalue weighted by molar-refractivity contribution is 5.91. The second kappa shape index (κ2) is 29.7. The molecule has 4 aliphatic heterocycles. The number of aliphatic hydroxyl groups excluding tert-OH is 2. The summed E-state index contributed by atoms with van der Waals surface area (Å²) in [6.07, 6.45) is -8.67. The molecular weight excluding hydrogens is 990 g/mol. The van der Waals surface area contributed by atoms with E-state index < -0.39 is 152 Å². The Bertz CT molecular complexity index is 1870. The topological polar surface area (TPSA) is 251 Å². The minimum atomic E-state index is -1.53. The highest BCUT2D eigenvalue weighted by Crippen LogP contribution is 2.39. The number of likely N-dealkylation sites (N-methyl/N-ethyl adjacent to an activating group) is 1. The lowest BCUT2D eigenvalue weighted by Gasteiger charge is -2.50. The Kier molecular flexibility index (Phi) is 26.2. The van der Waals surface area contributed by atoms with Crippen LogP contribution < -0.4 is 0 Å². The van der Waals surface area contributed by atoms with E-state index in [0.717, 1.165) is 0 Å². The number of cyclic esters (lactones) is 1. The summed E-state index contributed by atoms with van der Waals surface area (Å²) >= 11 is 0. The van der Waals surface area contributed by atoms with Gasteiger partial charge in [0.15, 0.2) is 30.8 Å². The molecule has 4 aliphatic rings. The van der Waals surface area contributed by atoms with Crippen LogP contribution in [-0.4, -0.2) is 189 Å². The quantitative estimate of drug-likeness (QED) is 0.104. The monoisotopic (exact) mass is 1080 g/mol. The average molecular weight is 1080 g/mol. The summed E-state index contributed by atoms with van der Waals surface area (Å²) in [5.41, 5.74) is -0.865. The Labute approximate surface area is 444 Å². The number of nitrogens with zero attached hydrogens (tertiary/aromatic N) is 1. The van der Waals surface area contributed by atoms with Gasteiger partial charge in [-0.1, -0.05) is 52.3 Å². The second-order valence-corrected chi connectivity index (χ2v) is 21.4. The Morgan fingerprint density at radius 3 is 2.11 bits per heavy atom. The van der Waals surface area contributed by atoms with Crippen molar-refractivity contribution >= 4 is 42.4 Å². The van der Waals surface area contributed by atoms with Gasteiger partial charge in [-0.2, -0.15) is 0 Å². The molecule has 426 valence electrons. The molecule has 21 atom stereocenters. The molecule has 74 heavy (non-hydrogen) atoms. The first-order valence-corrected chi connectivity index (χ1v) is 25.9. The number of hydrogen-bond donors (Lipinski definition) is 3. The number of esters is 3. The van der Waals surface area contributed by atoms with Gasteiger partial charge in [-0.15, -0.1) is 12.4 Å². The molecule has 0 aromatic carbocycles. The molecule has 20 nitrogen and oxygen atoms in total. The van der Waals surface area contributed by atoms with Crippen molar-refractivity contribution in [3.05, 3.63) is 23.8 Å². The molecule has 0 aliphatic carbocycles. The SMILES string of the molecule is CC[C@H]1OC(=O)C[C@@H](OC(C)=O)[C@H](C)[C@@H](O[C@@H]2O[C@H](C)[C@@H](O[C@H]3C[C@@](C)(O)[C@@H](OC(=O)CC(C)C)[C@H](C)O3)[C@H](N(C)C)[C@H]2O)[C@@H](CC=O)C[C@@H](C)C(=O)/C=C/C(C)=C/[C@@H]1CO[C@@H]1O[C@H](C)[C@@H](O)[C@@H](OC)[C@H]1OC.Cl. The highest BCUT2D eigenvalue weighted by Gasteiger charge is 2.53.